The van der Waals surface area contributed by atoms with E-state index in [9.17, 15) is 9.18 Å². The molecule has 3 aromatic carbocycles. The fourth-order valence-corrected chi connectivity index (χ4v) is 3.23. The van der Waals surface area contributed by atoms with Gasteiger partial charge in [0.1, 0.15) is 5.82 Å². The van der Waals surface area contributed by atoms with E-state index in [2.05, 4.69) is 12.1 Å². The number of aryl methyl sites for hydroxylation is 1. The van der Waals surface area contributed by atoms with Crippen molar-refractivity contribution in [3.8, 4) is 11.1 Å². The van der Waals surface area contributed by atoms with Gasteiger partial charge in [-0.3, -0.25) is 4.79 Å². The first-order valence-corrected chi connectivity index (χ1v) is 8.83. The van der Waals surface area contributed by atoms with E-state index in [1.54, 1.807) is 6.07 Å². The number of hydrogen-bond acceptors (Lipinski definition) is 1. The number of halogens is 1. The van der Waals surface area contributed by atoms with Gasteiger partial charge in [-0.05, 0) is 42.0 Å². The van der Waals surface area contributed by atoms with Crippen molar-refractivity contribution in [2.75, 3.05) is 0 Å². The zero-order chi connectivity index (χ0) is 18.4. The maximum atomic E-state index is 14.6. The lowest BCUT2D eigenvalue weighted by atomic mass is 9.90. The number of hydrogen-bond donors (Lipinski definition) is 1. The first-order valence-electron chi connectivity index (χ1n) is 8.83. The molecule has 3 heteroatoms. The number of nitrogens with two attached hydrogens (primary N) is 1. The Morgan fingerprint density at radius 2 is 1.58 bits per heavy atom. The van der Waals surface area contributed by atoms with Crippen LogP contribution >= 0.6 is 0 Å². The first kappa shape index (κ1) is 17.9. The molecule has 0 radical (unpaired) electrons. The lowest BCUT2D eigenvalue weighted by molar-refractivity contribution is -0.119. The highest BCUT2D eigenvalue weighted by molar-refractivity contribution is 5.82. The molecular formula is C23H22FNO. The van der Waals surface area contributed by atoms with Crippen molar-refractivity contribution in [2.45, 2.75) is 25.2 Å². The van der Waals surface area contributed by atoms with Crippen molar-refractivity contribution in [1.82, 2.24) is 0 Å². The summed E-state index contributed by atoms with van der Waals surface area (Å²) >= 11 is 0. The standard InChI is InChI=1S/C23H22FNO/c24-22-16-19(14-15-20(22)18-11-5-2-6-12-18)21(23(25)26)13-7-10-17-8-3-1-4-9-17/h1-6,8-9,11-12,14-16,21H,7,10,13H2,(H2,25,26). The summed E-state index contributed by atoms with van der Waals surface area (Å²) in [6, 6.07) is 24.5. The van der Waals surface area contributed by atoms with Crippen molar-refractivity contribution >= 4 is 5.91 Å². The summed E-state index contributed by atoms with van der Waals surface area (Å²) in [6.07, 6.45) is 2.29. The lowest BCUT2D eigenvalue weighted by Gasteiger charge is -2.15. The molecule has 2 N–H and O–H groups in total. The monoisotopic (exact) mass is 347 g/mol. The Labute approximate surface area is 153 Å². The minimum atomic E-state index is -0.474. The number of carbonyl (C=O) groups is 1. The third-order valence-corrected chi connectivity index (χ3v) is 4.62. The zero-order valence-corrected chi connectivity index (χ0v) is 14.6. The molecule has 0 aliphatic carbocycles. The maximum absolute atomic E-state index is 14.6. The Morgan fingerprint density at radius 3 is 2.19 bits per heavy atom. The van der Waals surface area contributed by atoms with Crippen molar-refractivity contribution < 1.29 is 9.18 Å². The van der Waals surface area contributed by atoms with Crippen LogP contribution in [-0.4, -0.2) is 5.91 Å². The van der Waals surface area contributed by atoms with E-state index in [0.29, 0.717) is 17.5 Å². The summed E-state index contributed by atoms with van der Waals surface area (Å²) in [5.41, 5.74) is 8.80. The fourth-order valence-electron chi connectivity index (χ4n) is 3.23. The quantitative estimate of drug-likeness (QED) is 0.636. The van der Waals surface area contributed by atoms with Crippen molar-refractivity contribution in [3.05, 3.63) is 95.8 Å². The van der Waals surface area contributed by atoms with Gasteiger partial charge in [0, 0.05) is 5.56 Å². The number of carbonyl (C=O) groups excluding carboxylic acids is 1. The predicted octanol–water partition coefficient (Wildman–Crippen LogP) is 5.08. The van der Waals surface area contributed by atoms with E-state index >= 15 is 0 Å². The Bertz CT molecular complexity index is 862. The molecule has 0 fully saturated rings. The molecule has 1 atom stereocenters. The molecule has 3 aromatic rings. The summed E-state index contributed by atoms with van der Waals surface area (Å²) in [5, 5.41) is 0. The van der Waals surface area contributed by atoms with Crippen LogP contribution in [0.2, 0.25) is 0 Å². The molecule has 0 bridgehead atoms. The molecule has 0 heterocycles. The van der Waals surface area contributed by atoms with Crippen molar-refractivity contribution in [1.29, 1.82) is 0 Å². The summed E-state index contributed by atoms with van der Waals surface area (Å²) in [7, 11) is 0. The van der Waals surface area contributed by atoms with Gasteiger partial charge in [0.25, 0.3) is 0 Å². The van der Waals surface area contributed by atoms with Gasteiger partial charge < -0.3 is 5.73 Å². The first-order chi connectivity index (χ1) is 12.6. The lowest BCUT2D eigenvalue weighted by Crippen LogP contribution is -2.21. The van der Waals surface area contributed by atoms with Crippen LogP contribution in [0.4, 0.5) is 4.39 Å². The second-order valence-electron chi connectivity index (χ2n) is 6.44. The van der Waals surface area contributed by atoms with Gasteiger partial charge >= 0.3 is 0 Å². The minimum Gasteiger partial charge on any atom is -0.369 e. The van der Waals surface area contributed by atoms with Gasteiger partial charge in [-0.2, -0.15) is 0 Å². The third kappa shape index (κ3) is 4.37. The molecule has 1 amide bonds. The van der Waals surface area contributed by atoms with Gasteiger partial charge in [-0.15, -0.1) is 0 Å². The fraction of sp³-hybridized carbons (Fsp3) is 0.174. The Morgan fingerprint density at radius 1 is 0.923 bits per heavy atom. The Kier molecular flexibility index (Phi) is 5.80. The number of primary amides is 1. The summed E-state index contributed by atoms with van der Waals surface area (Å²) in [4.78, 5) is 11.9. The van der Waals surface area contributed by atoms with E-state index in [1.165, 1.54) is 11.6 Å². The Balaban J connectivity index is 1.73. The highest BCUT2D eigenvalue weighted by atomic mass is 19.1. The van der Waals surface area contributed by atoms with Crippen LogP contribution < -0.4 is 5.73 Å². The molecule has 2 nitrogen and oxygen atoms in total. The van der Waals surface area contributed by atoms with Gasteiger partial charge in [-0.1, -0.05) is 72.8 Å². The molecule has 26 heavy (non-hydrogen) atoms. The van der Waals surface area contributed by atoms with Crippen LogP contribution in [0.25, 0.3) is 11.1 Å². The number of rotatable bonds is 7. The van der Waals surface area contributed by atoms with Crippen LogP contribution in [0, 0.1) is 5.82 Å². The van der Waals surface area contributed by atoms with Gasteiger partial charge in [0.2, 0.25) is 5.91 Å². The second kappa shape index (κ2) is 8.43. The van der Waals surface area contributed by atoms with E-state index in [0.717, 1.165) is 18.4 Å². The van der Waals surface area contributed by atoms with Crippen molar-refractivity contribution in [2.24, 2.45) is 5.73 Å². The van der Waals surface area contributed by atoms with Crippen LogP contribution in [0.5, 0.6) is 0 Å². The van der Waals surface area contributed by atoms with E-state index in [-0.39, 0.29) is 5.82 Å². The smallest absolute Gasteiger partial charge is 0.224 e. The normalized spacial score (nSPS) is 11.9. The van der Waals surface area contributed by atoms with Gasteiger partial charge in [-0.25, -0.2) is 4.39 Å². The molecule has 132 valence electrons. The van der Waals surface area contributed by atoms with Crippen LogP contribution in [0.3, 0.4) is 0 Å². The highest BCUT2D eigenvalue weighted by Gasteiger charge is 2.19. The third-order valence-electron chi connectivity index (χ3n) is 4.62. The second-order valence-corrected chi connectivity index (χ2v) is 6.44. The highest BCUT2D eigenvalue weighted by Crippen LogP contribution is 2.28. The number of amides is 1. The molecule has 3 rings (SSSR count). The van der Waals surface area contributed by atoms with Crippen LogP contribution in [0.1, 0.15) is 29.9 Å². The topological polar surface area (TPSA) is 43.1 Å². The molecule has 0 spiro atoms. The average molecular weight is 347 g/mol. The van der Waals surface area contributed by atoms with Crippen molar-refractivity contribution in [3.63, 3.8) is 0 Å². The van der Waals surface area contributed by atoms with Gasteiger partial charge in [0.05, 0.1) is 5.92 Å². The molecule has 0 aromatic heterocycles. The van der Waals surface area contributed by atoms with E-state index in [1.807, 2.05) is 54.6 Å². The number of benzene rings is 3. The minimum absolute atomic E-state index is 0.331. The molecule has 1 unspecified atom stereocenters. The van der Waals surface area contributed by atoms with Crippen LogP contribution in [0.15, 0.2) is 78.9 Å². The van der Waals surface area contributed by atoms with E-state index in [4.69, 9.17) is 5.73 Å². The predicted molar refractivity (Wildman–Crippen MR) is 103 cm³/mol. The molecule has 0 saturated carbocycles. The average Bonchev–Trinajstić information content (AvgIpc) is 2.66. The van der Waals surface area contributed by atoms with Crippen LogP contribution in [-0.2, 0) is 11.2 Å². The van der Waals surface area contributed by atoms with Gasteiger partial charge in [0.15, 0.2) is 0 Å². The largest absolute Gasteiger partial charge is 0.369 e. The Hall–Kier alpha value is -2.94. The van der Waals surface area contributed by atoms with E-state index < -0.39 is 11.8 Å². The SMILES string of the molecule is NC(=O)C(CCCc1ccccc1)c1ccc(-c2ccccc2)c(F)c1. The summed E-state index contributed by atoms with van der Waals surface area (Å²) in [6.45, 7) is 0. The summed E-state index contributed by atoms with van der Waals surface area (Å²) < 4.78 is 14.6. The molecule has 0 aliphatic rings. The molecular weight excluding hydrogens is 325 g/mol. The molecule has 0 aliphatic heterocycles. The summed E-state index contributed by atoms with van der Waals surface area (Å²) in [5.74, 6) is -1.22. The maximum Gasteiger partial charge on any atom is 0.224 e. The zero-order valence-electron chi connectivity index (χ0n) is 14.6. The molecule has 0 saturated heterocycles.